The molecular weight excluding hydrogens is 152 g/mol. The molecule has 0 saturated heterocycles. The Morgan fingerprint density at radius 3 is 3.33 bits per heavy atom. The smallest absolute Gasteiger partial charge is 0.160 e. The van der Waals surface area contributed by atoms with Crippen LogP contribution in [-0.2, 0) is 12.8 Å². The van der Waals surface area contributed by atoms with Crippen LogP contribution in [0.1, 0.15) is 31.2 Å². The Bertz CT molecular complexity index is 267. The van der Waals surface area contributed by atoms with Gasteiger partial charge in [0.2, 0.25) is 0 Å². The van der Waals surface area contributed by atoms with Crippen molar-refractivity contribution in [2.45, 2.75) is 32.6 Å². The van der Waals surface area contributed by atoms with Crippen molar-refractivity contribution in [3.05, 3.63) is 11.5 Å². The van der Waals surface area contributed by atoms with Gasteiger partial charge in [0.15, 0.2) is 5.76 Å². The molecule has 0 fully saturated rings. The van der Waals surface area contributed by atoms with Crippen molar-refractivity contribution < 1.29 is 4.52 Å². The van der Waals surface area contributed by atoms with Crippen LogP contribution in [0.25, 0.3) is 0 Å². The maximum absolute atomic E-state index is 5.23. The SMILES string of the molecule is CCCc1noc2c1NCCC2. The first kappa shape index (κ1) is 7.65. The predicted octanol–water partition coefficient (Wildman–Crippen LogP) is 1.99. The number of aryl methyl sites for hydroxylation is 2. The van der Waals surface area contributed by atoms with Gasteiger partial charge in [-0.3, -0.25) is 0 Å². The predicted molar refractivity (Wildman–Crippen MR) is 47.3 cm³/mol. The fourth-order valence-corrected chi connectivity index (χ4v) is 1.60. The molecule has 1 aliphatic heterocycles. The fraction of sp³-hybridized carbons (Fsp3) is 0.667. The van der Waals surface area contributed by atoms with Crippen LogP contribution in [0.4, 0.5) is 5.69 Å². The summed E-state index contributed by atoms with van der Waals surface area (Å²) >= 11 is 0. The van der Waals surface area contributed by atoms with E-state index in [1.54, 1.807) is 0 Å². The second kappa shape index (κ2) is 3.17. The Kier molecular flexibility index (Phi) is 2.02. The molecular formula is C9H14N2O. The van der Waals surface area contributed by atoms with E-state index in [2.05, 4.69) is 17.4 Å². The molecule has 0 bridgehead atoms. The van der Waals surface area contributed by atoms with Gasteiger partial charge in [-0.25, -0.2) is 0 Å². The van der Waals surface area contributed by atoms with Crippen molar-refractivity contribution >= 4 is 5.69 Å². The quantitative estimate of drug-likeness (QED) is 0.730. The van der Waals surface area contributed by atoms with Gasteiger partial charge < -0.3 is 9.84 Å². The zero-order valence-electron chi connectivity index (χ0n) is 7.39. The summed E-state index contributed by atoms with van der Waals surface area (Å²) in [4.78, 5) is 0. The molecule has 0 unspecified atom stereocenters. The van der Waals surface area contributed by atoms with E-state index in [-0.39, 0.29) is 0 Å². The minimum atomic E-state index is 1.02. The topological polar surface area (TPSA) is 38.1 Å². The van der Waals surface area contributed by atoms with E-state index in [0.29, 0.717) is 0 Å². The first-order valence-electron chi connectivity index (χ1n) is 4.63. The lowest BCUT2D eigenvalue weighted by Crippen LogP contribution is -2.11. The zero-order valence-corrected chi connectivity index (χ0v) is 7.39. The number of fused-ring (bicyclic) bond motifs is 1. The number of hydrogen-bond donors (Lipinski definition) is 1. The van der Waals surface area contributed by atoms with E-state index < -0.39 is 0 Å². The second-order valence-electron chi connectivity index (χ2n) is 3.21. The largest absolute Gasteiger partial charge is 0.381 e. The molecule has 12 heavy (non-hydrogen) atoms. The highest BCUT2D eigenvalue weighted by Gasteiger charge is 2.17. The van der Waals surface area contributed by atoms with Crippen molar-refractivity contribution in [3.63, 3.8) is 0 Å². The molecule has 1 aromatic heterocycles. The average Bonchev–Trinajstić information content (AvgIpc) is 2.50. The van der Waals surface area contributed by atoms with Crippen molar-refractivity contribution in [2.75, 3.05) is 11.9 Å². The molecule has 0 saturated carbocycles. The third kappa shape index (κ3) is 1.19. The number of aromatic nitrogens is 1. The first-order valence-corrected chi connectivity index (χ1v) is 4.63. The van der Waals surface area contributed by atoms with Crippen LogP contribution in [0.2, 0.25) is 0 Å². The summed E-state index contributed by atoms with van der Waals surface area (Å²) in [6.07, 6.45) is 4.35. The van der Waals surface area contributed by atoms with E-state index >= 15 is 0 Å². The van der Waals surface area contributed by atoms with Crippen LogP contribution in [0.15, 0.2) is 4.52 Å². The summed E-state index contributed by atoms with van der Waals surface area (Å²) in [5, 5.41) is 7.39. The first-order chi connectivity index (χ1) is 5.92. The Morgan fingerprint density at radius 2 is 2.50 bits per heavy atom. The van der Waals surface area contributed by atoms with Crippen molar-refractivity contribution in [1.82, 2.24) is 5.16 Å². The summed E-state index contributed by atoms with van der Waals surface area (Å²) in [6.45, 7) is 3.22. The summed E-state index contributed by atoms with van der Waals surface area (Å²) in [5.74, 6) is 1.05. The molecule has 1 aromatic rings. The molecule has 0 amide bonds. The summed E-state index contributed by atoms with van der Waals surface area (Å²) in [6, 6.07) is 0. The highest BCUT2D eigenvalue weighted by molar-refractivity contribution is 5.52. The summed E-state index contributed by atoms with van der Waals surface area (Å²) in [5.41, 5.74) is 2.27. The fourth-order valence-electron chi connectivity index (χ4n) is 1.60. The molecule has 0 spiro atoms. The van der Waals surface area contributed by atoms with Crippen LogP contribution < -0.4 is 5.32 Å². The number of rotatable bonds is 2. The van der Waals surface area contributed by atoms with Gasteiger partial charge in [-0.1, -0.05) is 18.5 Å². The van der Waals surface area contributed by atoms with Crippen molar-refractivity contribution in [1.29, 1.82) is 0 Å². The van der Waals surface area contributed by atoms with Gasteiger partial charge in [0.05, 0.1) is 0 Å². The highest BCUT2D eigenvalue weighted by atomic mass is 16.5. The Hall–Kier alpha value is -0.990. The molecule has 0 atom stereocenters. The maximum atomic E-state index is 5.23. The lowest BCUT2D eigenvalue weighted by atomic mass is 10.1. The molecule has 2 heterocycles. The molecule has 1 N–H and O–H groups in total. The Morgan fingerprint density at radius 1 is 1.58 bits per heavy atom. The van der Waals surface area contributed by atoms with Crippen molar-refractivity contribution in [3.8, 4) is 0 Å². The molecule has 66 valence electrons. The summed E-state index contributed by atoms with van der Waals surface area (Å²) in [7, 11) is 0. The molecule has 2 rings (SSSR count). The van der Waals surface area contributed by atoms with Gasteiger partial charge in [-0.2, -0.15) is 0 Å². The number of hydrogen-bond acceptors (Lipinski definition) is 3. The van der Waals surface area contributed by atoms with Gasteiger partial charge in [-0.05, 0) is 12.8 Å². The Balaban J connectivity index is 2.25. The van der Waals surface area contributed by atoms with E-state index in [9.17, 15) is 0 Å². The highest BCUT2D eigenvalue weighted by Crippen LogP contribution is 2.26. The number of nitrogens with zero attached hydrogens (tertiary/aromatic N) is 1. The molecule has 3 heteroatoms. The number of nitrogens with one attached hydrogen (secondary N) is 1. The third-order valence-corrected chi connectivity index (χ3v) is 2.20. The van der Waals surface area contributed by atoms with E-state index in [4.69, 9.17) is 4.52 Å². The Labute approximate surface area is 72.1 Å². The molecule has 1 aliphatic rings. The maximum Gasteiger partial charge on any atom is 0.160 e. The van der Waals surface area contributed by atoms with E-state index in [0.717, 1.165) is 43.7 Å². The lowest BCUT2D eigenvalue weighted by molar-refractivity contribution is 0.374. The van der Waals surface area contributed by atoms with Gasteiger partial charge in [0, 0.05) is 13.0 Å². The number of anilines is 1. The zero-order chi connectivity index (χ0) is 8.39. The van der Waals surface area contributed by atoms with Gasteiger partial charge in [0.1, 0.15) is 11.4 Å². The lowest BCUT2D eigenvalue weighted by Gasteiger charge is -2.11. The van der Waals surface area contributed by atoms with Crippen LogP contribution in [-0.4, -0.2) is 11.7 Å². The van der Waals surface area contributed by atoms with Crippen LogP contribution in [0.5, 0.6) is 0 Å². The molecule has 0 aromatic carbocycles. The molecule has 0 radical (unpaired) electrons. The minimum absolute atomic E-state index is 1.02. The van der Waals surface area contributed by atoms with E-state index in [1.807, 2.05) is 0 Å². The molecule has 3 nitrogen and oxygen atoms in total. The minimum Gasteiger partial charge on any atom is -0.381 e. The van der Waals surface area contributed by atoms with Crippen LogP contribution in [0.3, 0.4) is 0 Å². The summed E-state index contributed by atoms with van der Waals surface area (Å²) < 4.78 is 5.23. The second-order valence-corrected chi connectivity index (χ2v) is 3.21. The standard InChI is InChI=1S/C9H14N2O/c1-2-4-7-9-8(12-11-7)5-3-6-10-9/h10H,2-6H2,1H3. The van der Waals surface area contributed by atoms with Gasteiger partial charge >= 0.3 is 0 Å². The van der Waals surface area contributed by atoms with E-state index in [1.165, 1.54) is 5.69 Å². The van der Waals surface area contributed by atoms with Crippen molar-refractivity contribution in [2.24, 2.45) is 0 Å². The average molecular weight is 166 g/mol. The van der Waals surface area contributed by atoms with Crippen LogP contribution in [0, 0.1) is 0 Å². The third-order valence-electron chi connectivity index (χ3n) is 2.20. The molecule has 0 aliphatic carbocycles. The van der Waals surface area contributed by atoms with Crippen LogP contribution >= 0.6 is 0 Å². The monoisotopic (exact) mass is 166 g/mol. The van der Waals surface area contributed by atoms with Gasteiger partial charge in [0.25, 0.3) is 0 Å². The normalized spacial score (nSPS) is 15.4. The van der Waals surface area contributed by atoms with Gasteiger partial charge in [-0.15, -0.1) is 0 Å².